The molecule has 1 aromatic rings. The Morgan fingerprint density at radius 1 is 1.30 bits per heavy atom. The molecule has 0 bridgehead atoms. The lowest BCUT2D eigenvalue weighted by Crippen LogP contribution is -2.50. The van der Waals surface area contributed by atoms with Crippen LogP contribution >= 0.6 is 0 Å². The summed E-state index contributed by atoms with van der Waals surface area (Å²) < 4.78 is 6.28. The van der Waals surface area contributed by atoms with Gasteiger partial charge in [0.05, 0.1) is 5.71 Å². The van der Waals surface area contributed by atoms with E-state index in [0.717, 1.165) is 48.4 Å². The summed E-state index contributed by atoms with van der Waals surface area (Å²) in [5.74, 6) is 0.684. The number of benzene rings is 1. The van der Waals surface area contributed by atoms with Gasteiger partial charge in [-0.25, -0.2) is 0 Å². The number of aliphatic imine (C=N–C) groups is 1. The third kappa shape index (κ3) is 2.91. The van der Waals surface area contributed by atoms with Gasteiger partial charge in [0.2, 0.25) is 5.78 Å². The molecular weight excluding hydrogens is 381 g/mol. The van der Waals surface area contributed by atoms with Crippen LogP contribution in [0.3, 0.4) is 0 Å². The lowest BCUT2D eigenvalue weighted by Gasteiger charge is -2.37. The molecule has 4 aliphatic rings. The summed E-state index contributed by atoms with van der Waals surface area (Å²) >= 11 is 0. The highest BCUT2D eigenvalue weighted by molar-refractivity contribution is 6.52. The lowest BCUT2D eigenvalue weighted by atomic mass is 9.67. The second-order valence-electron chi connectivity index (χ2n) is 8.29. The first-order valence-corrected chi connectivity index (χ1v) is 10.3. The van der Waals surface area contributed by atoms with Crippen molar-refractivity contribution in [3.63, 3.8) is 0 Å². The Kier molecular flexibility index (Phi) is 4.74. The normalized spacial score (nSPS) is 23.6. The van der Waals surface area contributed by atoms with Gasteiger partial charge < -0.3 is 25.8 Å². The Bertz CT molecular complexity index is 1030. The average Bonchev–Trinajstić information content (AvgIpc) is 3.33. The third-order valence-corrected chi connectivity index (χ3v) is 6.68. The van der Waals surface area contributed by atoms with Crippen molar-refractivity contribution in [3.05, 3.63) is 64.3 Å². The number of fused-ring (bicyclic) bond motifs is 3. The van der Waals surface area contributed by atoms with E-state index in [0.29, 0.717) is 29.7 Å². The molecule has 1 spiro atoms. The molecule has 0 amide bonds. The number of ketones is 1. The second kappa shape index (κ2) is 7.32. The molecule has 7 nitrogen and oxygen atoms in total. The maximum atomic E-state index is 13.7. The average molecular weight is 405 g/mol. The fourth-order valence-corrected chi connectivity index (χ4v) is 5.01. The van der Waals surface area contributed by atoms with Gasteiger partial charge in [-0.05, 0) is 43.0 Å². The predicted molar refractivity (Wildman–Crippen MR) is 114 cm³/mol. The Balaban J connectivity index is 1.50. The van der Waals surface area contributed by atoms with Crippen molar-refractivity contribution < 1.29 is 19.6 Å². The van der Waals surface area contributed by atoms with E-state index in [4.69, 9.17) is 10.5 Å². The Morgan fingerprint density at radius 3 is 2.83 bits per heavy atom. The summed E-state index contributed by atoms with van der Waals surface area (Å²) in [6.45, 7) is 2.09. The number of nitrogens with zero attached hydrogens (tertiary/aromatic N) is 1. The van der Waals surface area contributed by atoms with E-state index in [1.807, 2.05) is 12.1 Å². The van der Waals surface area contributed by atoms with Crippen molar-refractivity contribution in [3.8, 4) is 5.75 Å². The molecule has 3 heterocycles. The van der Waals surface area contributed by atoms with Gasteiger partial charge in [-0.3, -0.25) is 9.79 Å². The van der Waals surface area contributed by atoms with Crippen LogP contribution < -0.4 is 15.8 Å². The van der Waals surface area contributed by atoms with E-state index in [1.54, 1.807) is 18.4 Å². The van der Waals surface area contributed by atoms with Gasteiger partial charge in [0.25, 0.3) is 0 Å². The first-order chi connectivity index (χ1) is 14.5. The summed E-state index contributed by atoms with van der Waals surface area (Å²) in [5.41, 5.74) is 10.0. The number of Topliss-reactive ketones (excluding diaryl/α,β-unsaturated/α-hetero) is 1. The first-order valence-electron chi connectivity index (χ1n) is 10.3. The summed E-state index contributed by atoms with van der Waals surface area (Å²) in [5, 5.41) is 22.3. The molecule has 1 aliphatic carbocycles. The molecule has 0 radical (unpaired) electrons. The van der Waals surface area contributed by atoms with E-state index < -0.39 is 13.2 Å². The molecule has 1 aromatic carbocycles. The maximum Gasteiger partial charge on any atom is 0.484 e. The Morgan fingerprint density at radius 2 is 2.10 bits per heavy atom. The zero-order valence-corrected chi connectivity index (χ0v) is 16.6. The molecule has 5 N–H and O–H groups in total. The highest BCUT2D eigenvalue weighted by Gasteiger charge is 2.53. The van der Waals surface area contributed by atoms with Gasteiger partial charge in [-0.1, -0.05) is 24.3 Å². The van der Waals surface area contributed by atoms with E-state index >= 15 is 0 Å². The number of carbonyl (C=O) groups excluding carboxylic acids is 1. The van der Waals surface area contributed by atoms with Crippen LogP contribution in [-0.4, -0.2) is 47.9 Å². The van der Waals surface area contributed by atoms with Crippen molar-refractivity contribution in [1.82, 2.24) is 5.32 Å². The molecule has 1 unspecified atom stereocenters. The minimum Gasteiger partial charge on any atom is -0.481 e. The van der Waals surface area contributed by atoms with Crippen molar-refractivity contribution in [2.45, 2.75) is 37.3 Å². The van der Waals surface area contributed by atoms with Gasteiger partial charge in [0, 0.05) is 41.3 Å². The number of ether oxygens (including phenoxy) is 1. The number of rotatable bonds is 4. The zero-order chi connectivity index (χ0) is 20.9. The number of carbonyl (C=O) groups is 1. The van der Waals surface area contributed by atoms with Gasteiger partial charge in [0.1, 0.15) is 5.75 Å². The molecule has 3 aliphatic heterocycles. The first kappa shape index (κ1) is 19.4. The van der Waals surface area contributed by atoms with Crippen LogP contribution in [0.1, 0.15) is 30.4 Å². The Hall–Kier alpha value is -2.52. The van der Waals surface area contributed by atoms with Crippen molar-refractivity contribution >= 4 is 18.6 Å². The third-order valence-electron chi connectivity index (χ3n) is 6.68. The van der Waals surface area contributed by atoms with Gasteiger partial charge in [-0.15, -0.1) is 0 Å². The largest absolute Gasteiger partial charge is 0.484 e. The van der Waals surface area contributed by atoms with Crippen molar-refractivity contribution in [2.75, 3.05) is 13.1 Å². The SMILES string of the molecule is NCc1ccc2c(c1)C1(CCNCC1)C(C(=O)C1=CN=C3CC(B(O)O)=CC=C13)O2. The number of hydrogen-bond donors (Lipinski definition) is 4. The lowest BCUT2D eigenvalue weighted by molar-refractivity contribution is -0.124. The van der Waals surface area contributed by atoms with Crippen LogP contribution in [0.2, 0.25) is 0 Å². The molecule has 154 valence electrons. The maximum absolute atomic E-state index is 13.7. The van der Waals surface area contributed by atoms with E-state index in [-0.39, 0.29) is 11.2 Å². The molecule has 8 heteroatoms. The van der Waals surface area contributed by atoms with Gasteiger partial charge >= 0.3 is 7.12 Å². The number of nitrogens with one attached hydrogen (secondary N) is 1. The molecule has 0 saturated carbocycles. The quantitative estimate of drug-likeness (QED) is 0.548. The van der Waals surface area contributed by atoms with Crippen molar-refractivity contribution in [2.24, 2.45) is 10.7 Å². The van der Waals surface area contributed by atoms with Crippen LogP contribution in [0.4, 0.5) is 0 Å². The number of piperidine rings is 1. The molecule has 1 atom stereocenters. The highest BCUT2D eigenvalue weighted by Crippen LogP contribution is 2.50. The zero-order valence-electron chi connectivity index (χ0n) is 16.6. The van der Waals surface area contributed by atoms with Crippen LogP contribution in [-0.2, 0) is 16.8 Å². The van der Waals surface area contributed by atoms with Crippen LogP contribution in [0.5, 0.6) is 5.75 Å². The second-order valence-corrected chi connectivity index (χ2v) is 8.29. The highest BCUT2D eigenvalue weighted by atomic mass is 16.5. The summed E-state index contributed by atoms with van der Waals surface area (Å²) in [6.07, 6.45) is 6.32. The molecular formula is C22H24BN3O4. The fraction of sp³-hybridized carbons (Fsp3) is 0.364. The fourth-order valence-electron chi connectivity index (χ4n) is 5.01. The molecule has 0 aromatic heterocycles. The standard InChI is InChI=1S/C22H24BN3O4/c24-11-13-1-4-19-17(9-13)22(5-7-25-8-6-22)21(30-19)20(27)16-12-26-18-10-14(23(28)29)2-3-15(16)18/h1-4,9,12,21,25,28-29H,5-8,10-11,24H2. The van der Waals surface area contributed by atoms with E-state index in [9.17, 15) is 14.8 Å². The van der Waals surface area contributed by atoms with Crippen LogP contribution in [0.25, 0.3) is 0 Å². The topological polar surface area (TPSA) is 117 Å². The number of nitrogens with two attached hydrogens (primary N) is 1. The van der Waals surface area contributed by atoms with Crippen LogP contribution in [0, 0.1) is 0 Å². The van der Waals surface area contributed by atoms with Crippen LogP contribution in [0.15, 0.2) is 58.2 Å². The minimum absolute atomic E-state index is 0.0752. The summed E-state index contributed by atoms with van der Waals surface area (Å²) in [4.78, 5) is 18.1. The van der Waals surface area contributed by atoms with E-state index in [1.165, 1.54) is 0 Å². The summed E-state index contributed by atoms with van der Waals surface area (Å²) in [6, 6.07) is 5.97. The van der Waals surface area contributed by atoms with Crippen molar-refractivity contribution in [1.29, 1.82) is 0 Å². The molecule has 30 heavy (non-hydrogen) atoms. The molecule has 1 fully saturated rings. The predicted octanol–water partition coefficient (Wildman–Crippen LogP) is 0.704. The molecule has 5 rings (SSSR count). The van der Waals surface area contributed by atoms with E-state index in [2.05, 4.69) is 16.4 Å². The number of allylic oxidation sites excluding steroid dienone is 4. The summed E-state index contributed by atoms with van der Waals surface area (Å²) in [7, 11) is -1.52. The Labute approximate surface area is 175 Å². The van der Waals surface area contributed by atoms with Gasteiger partial charge in [0.15, 0.2) is 6.10 Å². The minimum atomic E-state index is -1.52. The monoisotopic (exact) mass is 405 g/mol. The molecule has 1 saturated heterocycles. The van der Waals surface area contributed by atoms with Gasteiger partial charge in [-0.2, -0.15) is 0 Å². The smallest absolute Gasteiger partial charge is 0.481 e. The number of hydrogen-bond acceptors (Lipinski definition) is 7.